The number of nitrogens with one attached hydrogen (secondary N) is 1. The lowest BCUT2D eigenvalue weighted by atomic mass is 10.1. The Balaban J connectivity index is 2.59. The topological polar surface area (TPSA) is 66.4 Å². The van der Waals surface area contributed by atoms with Crippen LogP contribution in [0.25, 0.3) is 0 Å². The third-order valence-electron chi connectivity index (χ3n) is 2.34. The Morgan fingerprint density at radius 1 is 1.41 bits per heavy atom. The summed E-state index contributed by atoms with van der Waals surface area (Å²) < 4.78 is 0. The zero-order valence-corrected chi connectivity index (χ0v) is 10.1. The standard InChI is InChI=1S/C13H17NO3/c1-9(15)6-7-13(17)14-12-5-3-4-11(8-12)10(2)16/h3-5,8-9,15H,6-7H2,1-2H3,(H,14,17). The van der Waals surface area contributed by atoms with Crippen molar-refractivity contribution in [3.05, 3.63) is 29.8 Å². The maximum absolute atomic E-state index is 11.5. The zero-order chi connectivity index (χ0) is 12.8. The molecule has 1 aromatic carbocycles. The average Bonchev–Trinajstić information content (AvgIpc) is 2.26. The molecule has 1 atom stereocenters. The number of rotatable bonds is 5. The Kier molecular flexibility index (Phi) is 4.84. The van der Waals surface area contributed by atoms with Gasteiger partial charge in [0, 0.05) is 17.7 Å². The van der Waals surface area contributed by atoms with Crippen LogP contribution in [-0.2, 0) is 4.79 Å². The molecule has 0 aliphatic heterocycles. The highest BCUT2D eigenvalue weighted by atomic mass is 16.3. The Morgan fingerprint density at radius 3 is 2.71 bits per heavy atom. The third kappa shape index (κ3) is 4.78. The second-order valence-electron chi connectivity index (χ2n) is 4.07. The molecule has 4 heteroatoms. The van der Waals surface area contributed by atoms with E-state index in [9.17, 15) is 9.59 Å². The van der Waals surface area contributed by atoms with Crippen LogP contribution in [0.4, 0.5) is 5.69 Å². The molecule has 1 rings (SSSR count). The number of aliphatic hydroxyl groups excluding tert-OH is 1. The predicted molar refractivity (Wildman–Crippen MR) is 66.0 cm³/mol. The molecule has 0 bridgehead atoms. The summed E-state index contributed by atoms with van der Waals surface area (Å²) in [5.41, 5.74) is 1.17. The van der Waals surface area contributed by atoms with E-state index in [2.05, 4.69) is 5.32 Å². The largest absolute Gasteiger partial charge is 0.393 e. The van der Waals surface area contributed by atoms with Gasteiger partial charge in [0.2, 0.25) is 5.91 Å². The van der Waals surface area contributed by atoms with Crippen molar-refractivity contribution in [2.45, 2.75) is 32.8 Å². The summed E-state index contributed by atoms with van der Waals surface area (Å²) in [5.74, 6) is -0.198. The molecular weight excluding hydrogens is 218 g/mol. The third-order valence-corrected chi connectivity index (χ3v) is 2.34. The molecule has 0 aromatic heterocycles. The molecule has 0 aliphatic carbocycles. The normalized spacial score (nSPS) is 11.9. The van der Waals surface area contributed by atoms with Gasteiger partial charge in [0.05, 0.1) is 6.10 Å². The van der Waals surface area contributed by atoms with Gasteiger partial charge in [-0.2, -0.15) is 0 Å². The number of carbonyl (C=O) groups excluding carboxylic acids is 2. The first kappa shape index (κ1) is 13.4. The van der Waals surface area contributed by atoms with Crippen molar-refractivity contribution >= 4 is 17.4 Å². The first-order valence-electron chi connectivity index (χ1n) is 5.58. The SMILES string of the molecule is CC(=O)c1cccc(NC(=O)CCC(C)O)c1. The first-order valence-corrected chi connectivity index (χ1v) is 5.58. The van der Waals surface area contributed by atoms with E-state index in [0.29, 0.717) is 17.7 Å². The number of benzene rings is 1. The molecule has 0 aliphatic rings. The van der Waals surface area contributed by atoms with Crippen LogP contribution in [0, 0.1) is 0 Å². The zero-order valence-electron chi connectivity index (χ0n) is 10.1. The molecule has 0 heterocycles. The fourth-order valence-corrected chi connectivity index (χ4v) is 1.38. The summed E-state index contributed by atoms with van der Waals surface area (Å²) >= 11 is 0. The molecule has 2 N–H and O–H groups in total. The summed E-state index contributed by atoms with van der Waals surface area (Å²) in [6, 6.07) is 6.80. The van der Waals surface area contributed by atoms with E-state index in [1.165, 1.54) is 6.92 Å². The number of amides is 1. The average molecular weight is 235 g/mol. The second kappa shape index (κ2) is 6.15. The second-order valence-corrected chi connectivity index (χ2v) is 4.07. The van der Waals surface area contributed by atoms with E-state index in [1.54, 1.807) is 31.2 Å². The quantitative estimate of drug-likeness (QED) is 0.767. The number of carbonyl (C=O) groups is 2. The molecule has 0 saturated heterocycles. The highest BCUT2D eigenvalue weighted by Gasteiger charge is 2.06. The molecule has 92 valence electrons. The van der Waals surface area contributed by atoms with Gasteiger partial charge >= 0.3 is 0 Å². The molecule has 1 amide bonds. The molecule has 1 unspecified atom stereocenters. The van der Waals surface area contributed by atoms with E-state index in [4.69, 9.17) is 5.11 Å². The van der Waals surface area contributed by atoms with Crippen LogP contribution in [0.3, 0.4) is 0 Å². The van der Waals surface area contributed by atoms with Crippen molar-refractivity contribution in [1.29, 1.82) is 0 Å². The highest BCUT2D eigenvalue weighted by Crippen LogP contribution is 2.12. The van der Waals surface area contributed by atoms with Gasteiger partial charge in [-0.3, -0.25) is 9.59 Å². The summed E-state index contributed by atoms with van der Waals surface area (Å²) in [6.45, 7) is 3.12. The van der Waals surface area contributed by atoms with Crippen molar-refractivity contribution in [2.75, 3.05) is 5.32 Å². The lowest BCUT2D eigenvalue weighted by Crippen LogP contribution is -2.14. The number of aliphatic hydroxyl groups is 1. The van der Waals surface area contributed by atoms with Gasteiger partial charge in [-0.05, 0) is 32.4 Å². The minimum Gasteiger partial charge on any atom is -0.393 e. The lowest BCUT2D eigenvalue weighted by Gasteiger charge is -2.07. The van der Waals surface area contributed by atoms with Crippen molar-refractivity contribution in [1.82, 2.24) is 0 Å². The van der Waals surface area contributed by atoms with Crippen molar-refractivity contribution in [3.8, 4) is 0 Å². The van der Waals surface area contributed by atoms with Gasteiger partial charge in [-0.25, -0.2) is 0 Å². The first-order chi connectivity index (χ1) is 7.99. The number of hydrogen-bond acceptors (Lipinski definition) is 3. The summed E-state index contributed by atoms with van der Waals surface area (Å²) in [7, 11) is 0. The smallest absolute Gasteiger partial charge is 0.224 e. The Labute approximate surface area is 101 Å². The molecule has 0 saturated carbocycles. The molecule has 0 radical (unpaired) electrons. The van der Waals surface area contributed by atoms with Gasteiger partial charge in [-0.15, -0.1) is 0 Å². The summed E-state index contributed by atoms with van der Waals surface area (Å²) in [5, 5.41) is 11.7. The minimum atomic E-state index is -0.482. The van der Waals surface area contributed by atoms with Crippen LogP contribution in [0.15, 0.2) is 24.3 Å². The minimum absolute atomic E-state index is 0.0370. The fourth-order valence-electron chi connectivity index (χ4n) is 1.38. The Morgan fingerprint density at radius 2 is 2.12 bits per heavy atom. The van der Waals surface area contributed by atoms with E-state index < -0.39 is 6.10 Å². The van der Waals surface area contributed by atoms with Crippen molar-refractivity contribution < 1.29 is 14.7 Å². The molecule has 1 aromatic rings. The molecular formula is C13H17NO3. The van der Waals surface area contributed by atoms with Crippen LogP contribution in [-0.4, -0.2) is 22.9 Å². The monoisotopic (exact) mass is 235 g/mol. The van der Waals surface area contributed by atoms with Crippen LogP contribution in [0.2, 0.25) is 0 Å². The molecule has 17 heavy (non-hydrogen) atoms. The fraction of sp³-hybridized carbons (Fsp3) is 0.385. The lowest BCUT2D eigenvalue weighted by molar-refractivity contribution is -0.116. The number of anilines is 1. The Hall–Kier alpha value is -1.68. The molecule has 4 nitrogen and oxygen atoms in total. The van der Waals surface area contributed by atoms with Gasteiger partial charge in [-0.1, -0.05) is 12.1 Å². The van der Waals surface area contributed by atoms with E-state index in [0.717, 1.165) is 0 Å². The van der Waals surface area contributed by atoms with E-state index in [-0.39, 0.29) is 18.1 Å². The van der Waals surface area contributed by atoms with E-state index >= 15 is 0 Å². The summed E-state index contributed by atoms with van der Waals surface area (Å²) in [4.78, 5) is 22.6. The van der Waals surface area contributed by atoms with E-state index in [1.807, 2.05) is 0 Å². The van der Waals surface area contributed by atoms with Gasteiger partial charge in [0.15, 0.2) is 5.78 Å². The maximum Gasteiger partial charge on any atom is 0.224 e. The number of hydrogen-bond donors (Lipinski definition) is 2. The van der Waals surface area contributed by atoms with Gasteiger partial charge < -0.3 is 10.4 Å². The maximum atomic E-state index is 11.5. The van der Waals surface area contributed by atoms with Crippen LogP contribution < -0.4 is 5.32 Å². The molecule has 0 spiro atoms. The number of ketones is 1. The van der Waals surface area contributed by atoms with Gasteiger partial charge in [0.25, 0.3) is 0 Å². The highest BCUT2D eigenvalue weighted by molar-refractivity contribution is 5.97. The van der Waals surface area contributed by atoms with Gasteiger partial charge in [0.1, 0.15) is 0 Å². The molecule has 0 fully saturated rings. The number of Topliss-reactive ketones (excluding diaryl/α,β-unsaturated/α-hetero) is 1. The summed E-state index contributed by atoms with van der Waals surface area (Å²) in [6.07, 6.45) is 0.213. The predicted octanol–water partition coefficient (Wildman–Crippen LogP) is 1.99. The Bertz CT molecular complexity index is 413. The van der Waals surface area contributed by atoms with Crippen LogP contribution in [0.1, 0.15) is 37.0 Å². The van der Waals surface area contributed by atoms with Crippen molar-refractivity contribution in [3.63, 3.8) is 0 Å². The van der Waals surface area contributed by atoms with Crippen molar-refractivity contribution in [2.24, 2.45) is 0 Å². The van der Waals surface area contributed by atoms with Crippen LogP contribution >= 0.6 is 0 Å². The van der Waals surface area contributed by atoms with Crippen LogP contribution in [0.5, 0.6) is 0 Å².